The van der Waals surface area contributed by atoms with E-state index in [2.05, 4.69) is 19.2 Å². The van der Waals surface area contributed by atoms with E-state index in [-0.39, 0.29) is 17.9 Å². The third-order valence-electron chi connectivity index (χ3n) is 3.73. The van der Waals surface area contributed by atoms with Gasteiger partial charge in [-0.1, -0.05) is 44.2 Å². The van der Waals surface area contributed by atoms with Gasteiger partial charge in [-0.3, -0.25) is 4.79 Å². The normalized spacial score (nSPS) is 11.9. The summed E-state index contributed by atoms with van der Waals surface area (Å²) in [6, 6.07) is 15.1. The molecule has 0 radical (unpaired) electrons. The van der Waals surface area contributed by atoms with Crippen LogP contribution in [0.5, 0.6) is 11.5 Å². The van der Waals surface area contributed by atoms with Crippen molar-refractivity contribution in [2.24, 2.45) is 5.92 Å². The van der Waals surface area contributed by atoms with Crippen molar-refractivity contribution < 1.29 is 14.3 Å². The monoisotopic (exact) mass is 313 g/mol. The second-order valence-corrected chi connectivity index (χ2v) is 5.71. The Labute approximate surface area is 137 Å². The van der Waals surface area contributed by atoms with Gasteiger partial charge in [0.2, 0.25) is 0 Å². The number of nitrogens with one attached hydrogen (secondary N) is 1. The van der Waals surface area contributed by atoms with Crippen LogP contribution in [0.2, 0.25) is 0 Å². The van der Waals surface area contributed by atoms with E-state index in [1.54, 1.807) is 32.4 Å². The summed E-state index contributed by atoms with van der Waals surface area (Å²) >= 11 is 0. The van der Waals surface area contributed by atoms with Gasteiger partial charge >= 0.3 is 0 Å². The Balaban J connectivity index is 2.26. The summed E-state index contributed by atoms with van der Waals surface area (Å²) in [6.07, 6.45) is 0. The van der Waals surface area contributed by atoms with Crippen molar-refractivity contribution in [3.63, 3.8) is 0 Å². The predicted molar refractivity (Wildman–Crippen MR) is 91.0 cm³/mol. The fraction of sp³-hybridized carbons (Fsp3) is 0.316. The second-order valence-electron chi connectivity index (χ2n) is 5.71. The van der Waals surface area contributed by atoms with E-state index in [1.807, 2.05) is 30.3 Å². The minimum atomic E-state index is -0.148. The van der Waals surface area contributed by atoms with Gasteiger partial charge in [-0.05, 0) is 23.6 Å². The summed E-state index contributed by atoms with van der Waals surface area (Å²) in [6.45, 7) is 4.17. The predicted octanol–water partition coefficient (Wildman–Crippen LogP) is 3.83. The Morgan fingerprint density at radius 3 is 2.00 bits per heavy atom. The van der Waals surface area contributed by atoms with E-state index >= 15 is 0 Å². The SMILES string of the molecule is COc1cc(OC)cc(C(=O)N[C@H](c2ccccc2)C(C)C)c1. The van der Waals surface area contributed by atoms with Crippen molar-refractivity contribution in [2.75, 3.05) is 14.2 Å². The lowest BCUT2D eigenvalue weighted by Gasteiger charge is -2.23. The van der Waals surface area contributed by atoms with E-state index in [4.69, 9.17) is 9.47 Å². The average molecular weight is 313 g/mol. The van der Waals surface area contributed by atoms with Crippen LogP contribution in [0.25, 0.3) is 0 Å². The molecular formula is C19H23NO3. The molecule has 0 aliphatic carbocycles. The molecule has 1 N–H and O–H groups in total. The molecule has 0 aliphatic heterocycles. The number of carbonyl (C=O) groups excluding carboxylic acids is 1. The van der Waals surface area contributed by atoms with Gasteiger partial charge in [0, 0.05) is 11.6 Å². The Kier molecular flexibility index (Phi) is 5.63. The van der Waals surface area contributed by atoms with Crippen molar-refractivity contribution in [1.82, 2.24) is 5.32 Å². The molecule has 0 bridgehead atoms. The fourth-order valence-corrected chi connectivity index (χ4v) is 2.46. The van der Waals surface area contributed by atoms with Crippen molar-refractivity contribution in [3.8, 4) is 11.5 Å². The molecule has 23 heavy (non-hydrogen) atoms. The standard InChI is InChI=1S/C19H23NO3/c1-13(2)18(14-8-6-5-7-9-14)20-19(21)15-10-16(22-3)12-17(11-15)23-4/h5-13,18H,1-4H3,(H,20,21)/t18-/m0/s1. The minimum Gasteiger partial charge on any atom is -0.497 e. The van der Waals surface area contributed by atoms with E-state index in [0.29, 0.717) is 17.1 Å². The topological polar surface area (TPSA) is 47.6 Å². The number of hydrogen-bond acceptors (Lipinski definition) is 3. The smallest absolute Gasteiger partial charge is 0.252 e. The van der Waals surface area contributed by atoms with Gasteiger partial charge in [0.05, 0.1) is 20.3 Å². The molecule has 0 aromatic heterocycles. The Morgan fingerprint density at radius 1 is 0.957 bits per heavy atom. The molecule has 4 nitrogen and oxygen atoms in total. The van der Waals surface area contributed by atoms with Gasteiger partial charge in [-0.15, -0.1) is 0 Å². The molecule has 1 amide bonds. The highest BCUT2D eigenvalue weighted by molar-refractivity contribution is 5.95. The van der Waals surface area contributed by atoms with Crippen molar-refractivity contribution in [2.45, 2.75) is 19.9 Å². The first-order valence-corrected chi connectivity index (χ1v) is 7.64. The summed E-state index contributed by atoms with van der Waals surface area (Å²) in [5.74, 6) is 1.31. The molecule has 0 saturated carbocycles. The zero-order valence-electron chi connectivity index (χ0n) is 14.0. The van der Waals surface area contributed by atoms with Gasteiger partial charge in [0.1, 0.15) is 11.5 Å². The largest absolute Gasteiger partial charge is 0.497 e. The first-order chi connectivity index (χ1) is 11.0. The lowest BCUT2D eigenvalue weighted by atomic mass is 9.95. The Hall–Kier alpha value is -2.49. The van der Waals surface area contributed by atoms with Crippen LogP contribution < -0.4 is 14.8 Å². The quantitative estimate of drug-likeness (QED) is 0.881. The second kappa shape index (κ2) is 7.68. The number of hydrogen-bond donors (Lipinski definition) is 1. The lowest BCUT2D eigenvalue weighted by molar-refractivity contribution is 0.0925. The number of methoxy groups -OCH3 is 2. The van der Waals surface area contributed by atoms with Gasteiger partial charge in [-0.2, -0.15) is 0 Å². The van der Waals surface area contributed by atoms with Crippen LogP contribution in [0.1, 0.15) is 35.8 Å². The molecule has 0 saturated heterocycles. The lowest BCUT2D eigenvalue weighted by Crippen LogP contribution is -2.31. The third-order valence-corrected chi connectivity index (χ3v) is 3.73. The third kappa shape index (κ3) is 4.25. The molecule has 0 spiro atoms. The highest BCUT2D eigenvalue weighted by atomic mass is 16.5. The van der Waals surface area contributed by atoms with Gasteiger partial charge in [0.15, 0.2) is 0 Å². The van der Waals surface area contributed by atoms with Crippen LogP contribution in [-0.4, -0.2) is 20.1 Å². The summed E-state index contributed by atoms with van der Waals surface area (Å²) in [5, 5.41) is 3.10. The zero-order chi connectivity index (χ0) is 16.8. The maximum Gasteiger partial charge on any atom is 0.252 e. The first-order valence-electron chi connectivity index (χ1n) is 7.64. The molecule has 1 atom stereocenters. The van der Waals surface area contributed by atoms with E-state index < -0.39 is 0 Å². The molecule has 2 aromatic rings. The van der Waals surface area contributed by atoms with Crippen molar-refractivity contribution >= 4 is 5.91 Å². The van der Waals surface area contributed by atoms with E-state index in [0.717, 1.165) is 5.56 Å². The van der Waals surface area contributed by atoms with E-state index in [1.165, 1.54) is 0 Å². The number of rotatable bonds is 6. The van der Waals surface area contributed by atoms with Crippen molar-refractivity contribution in [1.29, 1.82) is 0 Å². The zero-order valence-corrected chi connectivity index (χ0v) is 14.0. The summed E-state index contributed by atoms with van der Waals surface area (Å²) in [4.78, 5) is 12.6. The van der Waals surface area contributed by atoms with Gasteiger partial charge in [0.25, 0.3) is 5.91 Å². The van der Waals surface area contributed by atoms with Crippen LogP contribution in [0.4, 0.5) is 0 Å². The maximum atomic E-state index is 12.6. The molecule has 2 rings (SSSR count). The summed E-state index contributed by atoms with van der Waals surface area (Å²) in [7, 11) is 3.13. The van der Waals surface area contributed by atoms with Gasteiger partial charge < -0.3 is 14.8 Å². The van der Waals surface area contributed by atoms with Crippen LogP contribution >= 0.6 is 0 Å². The van der Waals surface area contributed by atoms with Crippen LogP contribution in [0, 0.1) is 5.92 Å². The molecule has 0 aliphatic rings. The number of ether oxygens (including phenoxy) is 2. The van der Waals surface area contributed by atoms with Crippen molar-refractivity contribution in [3.05, 3.63) is 59.7 Å². The highest BCUT2D eigenvalue weighted by Crippen LogP contribution is 2.25. The van der Waals surface area contributed by atoms with Gasteiger partial charge in [-0.25, -0.2) is 0 Å². The Morgan fingerprint density at radius 2 is 1.52 bits per heavy atom. The maximum absolute atomic E-state index is 12.6. The number of amides is 1. The average Bonchev–Trinajstić information content (AvgIpc) is 2.59. The molecule has 4 heteroatoms. The summed E-state index contributed by atoms with van der Waals surface area (Å²) < 4.78 is 10.4. The molecule has 122 valence electrons. The van der Waals surface area contributed by atoms with Crippen LogP contribution in [0.15, 0.2) is 48.5 Å². The molecule has 0 heterocycles. The molecule has 2 aromatic carbocycles. The van der Waals surface area contributed by atoms with Crippen LogP contribution in [-0.2, 0) is 0 Å². The number of benzene rings is 2. The van der Waals surface area contributed by atoms with Crippen LogP contribution in [0.3, 0.4) is 0 Å². The first kappa shape index (κ1) is 16.9. The highest BCUT2D eigenvalue weighted by Gasteiger charge is 2.19. The molecular weight excluding hydrogens is 290 g/mol. The number of carbonyl (C=O) groups is 1. The Bertz CT molecular complexity index is 631. The summed E-state index contributed by atoms with van der Waals surface area (Å²) in [5.41, 5.74) is 1.61. The molecule has 0 unspecified atom stereocenters. The molecule has 0 fully saturated rings. The minimum absolute atomic E-state index is 0.0547. The van der Waals surface area contributed by atoms with E-state index in [9.17, 15) is 4.79 Å². The fourth-order valence-electron chi connectivity index (χ4n) is 2.46.